The average molecular weight is 418 g/mol. The van der Waals surface area contributed by atoms with E-state index in [0.717, 1.165) is 16.7 Å². The van der Waals surface area contributed by atoms with E-state index in [1.807, 2.05) is 72.8 Å². The summed E-state index contributed by atoms with van der Waals surface area (Å²) in [6.07, 6.45) is 0.326. The van der Waals surface area contributed by atoms with Gasteiger partial charge < -0.3 is 9.84 Å². The van der Waals surface area contributed by atoms with Crippen LogP contribution in [-0.4, -0.2) is 16.0 Å². The topological polar surface area (TPSA) is 68.0 Å². The minimum Gasteiger partial charge on any atom is -0.347 e. The number of hydrogen-bond acceptors (Lipinski definition) is 4. The minimum absolute atomic E-state index is 0.0280. The van der Waals surface area contributed by atoms with Crippen molar-refractivity contribution in [3.63, 3.8) is 0 Å². The number of carbonyl (C=O) groups excluding carboxylic acids is 1. The van der Waals surface area contributed by atoms with Gasteiger partial charge in [-0.05, 0) is 35.4 Å². The quantitative estimate of drug-likeness (QED) is 0.447. The van der Waals surface area contributed by atoms with Crippen molar-refractivity contribution in [3.8, 4) is 11.4 Å². The van der Waals surface area contributed by atoms with Crippen LogP contribution in [0.25, 0.3) is 11.4 Å². The second-order valence-corrected chi connectivity index (χ2v) is 7.31. The van der Waals surface area contributed by atoms with Crippen molar-refractivity contribution in [2.45, 2.75) is 18.9 Å². The predicted octanol–water partition coefficient (Wildman–Crippen LogP) is 5.23. The van der Waals surface area contributed by atoms with E-state index >= 15 is 0 Å². The molecule has 0 fully saturated rings. The van der Waals surface area contributed by atoms with Crippen molar-refractivity contribution in [1.82, 2.24) is 15.5 Å². The van der Waals surface area contributed by atoms with E-state index in [0.29, 0.717) is 23.2 Å². The van der Waals surface area contributed by atoms with Crippen LogP contribution in [0.4, 0.5) is 0 Å². The first-order chi connectivity index (χ1) is 14.7. The normalized spacial score (nSPS) is 10.9. The molecule has 1 heterocycles. The Labute approximate surface area is 179 Å². The van der Waals surface area contributed by atoms with Crippen molar-refractivity contribution in [2.24, 2.45) is 0 Å². The summed E-state index contributed by atoms with van der Waals surface area (Å²) >= 11 is 5.91. The Morgan fingerprint density at radius 3 is 2.10 bits per heavy atom. The molecule has 6 heteroatoms. The number of aromatic nitrogens is 2. The number of hydrogen-bond donors (Lipinski definition) is 1. The molecular weight excluding hydrogens is 398 g/mol. The van der Waals surface area contributed by atoms with Crippen LogP contribution in [-0.2, 0) is 11.3 Å². The summed E-state index contributed by atoms with van der Waals surface area (Å²) in [5.74, 6) is 0.699. The molecule has 0 aliphatic heterocycles. The Hall–Kier alpha value is -3.44. The van der Waals surface area contributed by atoms with Gasteiger partial charge >= 0.3 is 0 Å². The van der Waals surface area contributed by atoms with Crippen LogP contribution >= 0.6 is 11.6 Å². The van der Waals surface area contributed by atoms with Crippen molar-refractivity contribution in [1.29, 1.82) is 0 Å². The lowest BCUT2D eigenvalue weighted by molar-refractivity contribution is -0.121. The van der Waals surface area contributed by atoms with E-state index in [1.165, 1.54) is 0 Å². The molecule has 0 aliphatic rings. The van der Waals surface area contributed by atoms with Gasteiger partial charge in [-0.3, -0.25) is 4.79 Å². The third kappa shape index (κ3) is 4.93. The van der Waals surface area contributed by atoms with Gasteiger partial charge in [0.15, 0.2) is 0 Å². The molecule has 4 aromatic rings. The van der Waals surface area contributed by atoms with Gasteiger partial charge in [0, 0.05) is 22.9 Å². The SMILES string of the molecule is O=C(CC(c1ccccc1)c1ccccc1)NCc1nc(-c2ccc(Cl)cc2)no1. The summed E-state index contributed by atoms with van der Waals surface area (Å²) in [5.41, 5.74) is 3.00. The number of benzene rings is 3. The first-order valence-corrected chi connectivity index (χ1v) is 10.0. The van der Waals surface area contributed by atoms with Gasteiger partial charge in [-0.2, -0.15) is 4.98 Å². The molecule has 1 aromatic heterocycles. The zero-order chi connectivity index (χ0) is 20.8. The highest BCUT2D eigenvalue weighted by Crippen LogP contribution is 2.27. The number of carbonyl (C=O) groups is 1. The van der Waals surface area contributed by atoms with Crippen LogP contribution in [0.2, 0.25) is 5.02 Å². The Morgan fingerprint density at radius 2 is 1.50 bits per heavy atom. The number of amides is 1. The Balaban J connectivity index is 1.41. The van der Waals surface area contributed by atoms with E-state index in [1.54, 1.807) is 12.1 Å². The smallest absolute Gasteiger partial charge is 0.246 e. The maximum Gasteiger partial charge on any atom is 0.246 e. The fourth-order valence-corrected chi connectivity index (χ4v) is 3.40. The Bertz CT molecular complexity index is 1060. The molecule has 0 aliphatic carbocycles. The van der Waals surface area contributed by atoms with Crippen molar-refractivity contribution >= 4 is 17.5 Å². The predicted molar refractivity (Wildman–Crippen MR) is 116 cm³/mol. The third-order valence-electron chi connectivity index (χ3n) is 4.80. The maximum absolute atomic E-state index is 12.7. The van der Waals surface area contributed by atoms with Crippen molar-refractivity contribution < 1.29 is 9.32 Å². The minimum atomic E-state index is -0.0843. The molecule has 1 N–H and O–H groups in total. The highest BCUT2D eigenvalue weighted by atomic mass is 35.5. The summed E-state index contributed by atoms with van der Waals surface area (Å²) in [5, 5.41) is 7.50. The number of halogens is 1. The van der Waals surface area contributed by atoms with E-state index in [4.69, 9.17) is 16.1 Å². The van der Waals surface area contributed by atoms with E-state index in [-0.39, 0.29) is 18.4 Å². The fraction of sp³-hybridized carbons (Fsp3) is 0.125. The Kier molecular flexibility index (Phi) is 6.20. The molecule has 0 bridgehead atoms. The third-order valence-corrected chi connectivity index (χ3v) is 5.05. The van der Waals surface area contributed by atoms with Gasteiger partial charge in [0.1, 0.15) is 0 Å². The van der Waals surface area contributed by atoms with Gasteiger partial charge in [-0.15, -0.1) is 0 Å². The zero-order valence-electron chi connectivity index (χ0n) is 16.2. The largest absolute Gasteiger partial charge is 0.347 e. The summed E-state index contributed by atoms with van der Waals surface area (Å²) in [6.45, 7) is 0.176. The molecule has 0 atom stereocenters. The second kappa shape index (κ2) is 9.37. The van der Waals surface area contributed by atoms with Gasteiger partial charge in [0.2, 0.25) is 17.6 Å². The summed E-state index contributed by atoms with van der Waals surface area (Å²) in [6, 6.07) is 27.2. The molecule has 0 unspecified atom stereocenters. The molecule has 150 valence electrons. The molecule has 1 amide bonds. The van der Waals surface area contributed by atoms with Gasteiger partial charge in [0.05, 0.1) is 6.54 Å². The van der Waals surface area contributed by atoms with Gasteiger partial charge in [-0.1, -0.05) is 77.4 Å². The van der Waals surface area contributed by atoms with Crippen LogP contribution in [0, 0.1) is 0 Å². The highest BCUT2D eigenvalue weighted by molar-refractivity contribution is 6.30. The molecule has 0 saturated heterocycles. The highest BCUT2D eigenvalue weighted by Gasteiger charge is 2.18. The van der Waals surface area contributed by atoms with Gasteiger partial charge in [-0.25, -0.2) is 0 Å². The molecule has 0 saturated carbocycles. The second-order valence-electron chi connectivity index (χ2n) is 6.87. The molecule has 30 heavy (non-hydrogen) atoms. The van der Waals surface area contributed by atoms with Crippen LogP contribution in [0.5, 0.6) is 0 Å². The molecule has 0 spiro atoms. The average Bonchev–Trinajstić information content (AvgIpc) is 3.27. The first-order valence-electron chi connectivity index (χ1n) is 9.64. The lowest BCUT2D eigenvalue weighted by atomic mass is 9.88. The van der Waals surface area contributed by atoms with Crippen molar-refractivity contribution in [2.75, 3.05) is 0 Å². The van der Waals surface area contributed by atoms with Crippen LogP contribution < -0.4 is 5.32 Å². The number of nitrogens with one attached hydrogen (secondary N) is 1. The molecule has 3 aromatic carbocycles. The molecule has 0 radical (unpaired) electrons. The molecule has 4 rings (SSSR count). The standard InChI is InChI=1S/C24H20ClN3O2/c25-20-13-11-19(12-14-20)24-27-23(30-28-24)16-26-22(29)15-21(17-7-3-1-4-8-17)18-9-5-2-6-10-18/h1-14,21H,15-16H2,(H,26,29). The van der Waals surface area contributed by atoms with E-state index in [2.05, 4.69) is 15.5 Å². The van der Waals surface area contributed by atoms with Gasteiger partial charge in [0.25, 0.3) is 0 Å². The van der Waals surface area contributed by atoms with Crippen molar-refractivity contribution in [3.05, 3.63) is 107 Å². The lowest BCUT2D eigenvalue weighted by Crippen LogP contribution is -2.25. The lowest BCUT2D eigenvalue weighted by Gasteiger charge is -2.17. The maximum atomic E-state index is 12.7. The summed E-state index contributed by atoms with van der Waals surface area (Å²) in [7, 11) is 0. The Morgan fingerprint density at radius 1 is 0.900 bits per heavy atom. The first kappa shape index (κ1) is 19.9. The summed E-state index contributed by atoms with van der Waals surface area (Å²) in [4.78, 5) is 17.0. The van der Waals surface area contributed by atoms with Crippen LogP contribution in [0.1, 0.15) is 29.4 Å². The number of rotatable bonds is 7. The monoisotopic (exact) mass is 417 g/mol. The van der Waals surface area contributed by atoms with E-state index < -0.39 is 0 Å². The number of nitrogens with zero attached hydrogens (tertiary/aromatic N) is 2. The van der Waals surface area contributed by atoms with E-state index in [9.17, 15) is 4.79 Å². The van der Waals surface area contributed by atoms with Crippen LogP contribution in [0.15, 0.2) is 89.5 Å². The fourth-order valence-electron chi connectivity index (χ4n) is 3.27. The zero-order valence-corrected chi connectivity index (χ0v) is 16.9. The summed E-state index contributed by atoms with van der Waals surface area (Å²) < 4.78 is 5.27. The molecule has 5 nitrogen and oxygen atoms in total. The molecular formula is C24H20ClN3O2. The van der Waals surface area contributed by atoms with Crippen LogP contribution in [0.3, 0.4) is 0 Å².